The zero-order valence-corrected chi connectivity index (χ0v) is 14.5. The summed E-state index contributed by atoms with van der Waals surface area (Å²) in [7, 11) is 0. The Morgan fingerprint density at radius 3 is 2.75 bits per heavy atom. The lowest BCUT2D eigenvalue weighted by Gasteiger charge is -2.34. The molecule has 2 aromatic rings. The summed E-state index contributed by atoms with van der Waals surface area (Å²) in [5, 5.41) is 8.94. The van der Waals surface area contributed by atoms with E-state index in [0.29, 0.717) is 13.0 Å². The predicted molar refractivity (Wildman–Crippen MR) is 95.9 cm³/mol. The van der Waals surface area contributed by atoms with Crippen LogP contribution in [-0.2, 0) is 17.6 Å². The fraction of sp³-hybridized carbons (Fsp3) is 0.368. The van der Waals surface area contributed by atoms with E-state index >= 15 is 0 Å². The number of nitrogens with zero attached hydrogens (tertiary/aromatic N) is 1. The summed E-state index contributed by atoms with van der Waals surface area (Å²) in [5.74, 6) is -0.574. The van der Waals surface area contributed by atoms with Crippen molar-refractivity contribution in [1.82, 2.24) is 0 Å². The van der Waals surface area contributed by atoms with Crippen LogP contribution in [0.15, 0.2) is 36.4 Å². The molecule has 0 radical (unpaired) electrons. The number of benzene rings is 1. The van der Waals surface area contributed by atoms with Gasteiger partial charge in [-0.1, -0.05) is 25.1 Å². The summed E-state index contributed by atoms with van der Waals surface area (Å²) in [5.41, 5.74) is 2.08. The number of aliphatic carboxylic acids is 1. The zero-order chi connectivity index (χ0) is 17.1. The number of anilines is 1. The third-order valence-electron chi connectivity index (χ3n) is 4.46. The van der Waals surface area contributed by atoms with Crippen LogP contribution in [0.1, 0.15) is 39.9 Å². The maximum absolute atomic E-state index is 13.0. The fourth-order valence-electron chi connectivity index (χ4n) is 3.21. The summed E-state index contributed by atoms with van der Waals surface area (Å²) < 4.78 is 0. The predicted octanol–water partition coefficient (Wildman–Crippen LogP) is 3.99. The van der Waals surface area contributed by atoms with Crippen LogP contribution in [0.2, 0.25) is 0 Å². The van der Waals surface area contributed by atoms with Gasteiger partial charge in [-0.25, -0.2) is 0 Å². The van der Waals surface area contributed by atoms with Crippen LogP contribution in [-0.4, -0.2) is 23.5 Å². The second kappa shape index (κ2) is 7.18. The molecule has 1 unspecified atom stereocenters. The molecule has 1 aromatic carbocycles. The molecule has 5 heteroatoms. The first-order valence-corrected chi connectivity index (χ1v) is 9.10. The van der Waals surface area contributed by atoms with Crippen LogP contribution < -0.4 is 4.90 Å². The number of carbonyl (C=O) groups excluding carboxylic acids is 1. The van der Waals surface area contributed by atoms with E-state index in [2.05, 4.69) is 6.92 Å². The standard InChI is InChI=1S/C19H21NO3S/c1-2-15-8-9-17(24-15)19(23)20-12-13(7-10-18(21)22)11-14-5-3-4-6-16(14)20/h3-6,8-9,13H,2,7,10-12H2,1H3,(H,21,22). The van der Waals surface area contributed by atoms with E-state index in [-0.39, 0.29) is 18.2 Å². The van der Waals surface area contributed by atoms with Crippen molar-refractivity contribution in [2.75, 3.05) is 11.4 Å². The molecular formula is C19H21NO3S. The normalized spacial score (nSPS) is 16.7. The highest BCUT2D eigenvalue weighted by Gasteiger charge is 2.29. The van der Waals surface area contributed by atoms with E-state index in [9.17, 15) is 9.59 Å². The van der Waals surface area contributed by atoms with Gasteiger partial charge in [-0.3, -0.25) is 9.59 Å². The molecule has 0 fully saturated rings. The molecular weight excluding hydrogens is 322 g/mol. The quantitative estimate of drug-likeness (QED) is 0.893. The lowest BCUT2D eigenvalue weighted by atomic mass is 9.89. The molecule has 1 N–H and O–H groups in total. The highest BCUT2D eigenvalue weighted by molar-refractivity contribution is 7.14. The number of hydrogen-bond acceptors (Lipinski definition) is 3. The van der Waals surface area contributed by atoms with Crippen molar-refractivity contribution in [3.63, 3.8) is 0 Å². The molecule has 1 atom stereocenters. The zero-order valence-electron chi connectivity index (χ0n) is 13.7. The Bertz CT molecular complexity index is 753. The summed E-state index contributed by atoms with van der Waals surface area (Å²) >= 11 is 1.54. The van der Waals surface area contributed by atoms with Gasteiger partial charge in [0.25, 0.3) is 5.91 Å². The van der Waals surface area contributed by atoms with Gasteiger partial charge in [0.15, 0.2) is 0 Å². The van der Waals surface area contributed by atoms with E-state index < -0.39 is 5.97 Å². The van der Waals surface area contributed by atoms with Gasteiger partial charge in [-0.2, -0.15) is 0 Å². The maximum Gasteiger partial charge on any atom is 0.303 e. The van der Waals surface area contributed by atoms with E-state index in [1.54, 1.807) is 11.3 Å². The van der Waals surface area contributed by atoms with Crippen LogP contribution in [0, 0.1) is 5.92 Å². The fourth-order valence-corrected chi connectivity index (χ4v) is 4.10. The highest BCUT2D eigenvalue weighted by atomic mass is 32.1. The first-order chi connectivity index (χ1) is 11.6. The minimum absolute atomic E-state index is 0.0205. The third-order valence-corrected chi connectivity index (χ3v) is 5.68. The van der Waals surface area contributed by atoms with Crippen molar-refractivity contribution < 1.29 is 14.7 Å². The Morgan fingerprint density at radius 1 is 1.25 bits per heavy atom. The van der Waals surface area contributed by atoms with Gasteiger partial charge < -0.3 is 10.0 Å². The monoisotopic (exact) mass is 343 g/mol. The molecule has 0 bridgehead atoms. The van der Waals surface area contributed by atoms with E-state index in [1.165, 1.54) is 4.88 Å². The molecule has 1 amide bonds. The number of amides is 1. The van der Waals surface area contributed by atoms with Gasteiger partial charge in [0.2, 0.25) is 0 Å². The molecule has 1 aliphatic heterocycles. The molecule has 2 heterocycles. The molecule has 0 spiro atoms. The topological polar surface area (TPSA) is 57.6 Å². The Hall–Kier alpha value is -2.14. The van der Waals surface area contributed by atoms with Gasteiger partial charge in [0.05, 0.1) is 4.88 Å². The SMILES string of the molecule is CCc1ccc(C(=O)N2CC(CCC(=O)O)Cc3ccccc32)s1. The van der Waals surface area contributed by atoms with Gasteiger partial charge >= 0.3 is 5.97 Å². The average molecular weight is 343 g/mol. The van der Waals surface area contributed by atoms with E-state index in [1.807, 2.05) is 41.3 Å². The lowest BCUT2D eigenvalue weighted by molar-refractivity contribution is -0.137. The first-order valence-electron chi connectivity index (χ1n) is 8.28. The maximum atomic E-state index is 13.0. The number of carboxylic acid groups (broad SMARTS) is 1. The van der Waals surface area contributed by atoms with Crippen molar-refractivity contribution in [1.29, 1.82) is 0 Å². The number of para-hydroxylation sites is 1. The number of rotatable bonds is 5. The smallest absolute Gasteiger partial charge is 0.303 e. The molecule has 0 saturated carbocycles. The van der Waals surface area contributed by atoms with Gasteiger partial charge in [0, 0.05) is 23.5 Å². The van der Waals surface area contributed by atoms with Crippen molar-refractivity contribution in [3.05, 3.63) is 51.7 Å². The minimum atomic E-state index is -0.780. The third kappa shape index (κ3) is 3.51. The summed E-state index contributed by atoms with van der Waals surface area (Å²) in [6, 6.07) is 11.8. The number of carbonyl (C=O) groups is 2. The van der Waals surface area contributed by atoms with Crippen molar-refractivity contribution in [3.8, 4) is 0 Å². The lowest BCUT2D eigenvalue weighted by Crippen LogP contribution is -2.39. The second-order valence-corrected chi connectivity index (χ2v) is 7.33. The largest absolute Gasteiger partial charge is 0.481 e. The van der Waals surface area contributed by atoms with E-state index in [0.717, 1.165) is 29.0 Å². The van der Waals surface area contributed by atoms with Crippen LogP contribution >= 0.6 is 11.3 Å². The Balaban J connectivity index is 1.86. The number of carboxylic acids is 1. The van der Waals surface area contributed by atoms with Crippen molar-refractivity contribution in [2.24, 2.45) is 5.92 Å². The molecule has 1 aromatic heterocycles. The van der Waals surface area contributed by atoms with E-state index in [4.69, 9.17) is 5.11 Å². The van der Waals surface area contributed by atoms with Gasteiger partial charge in [0.1, 0.15) is 0 Å². The summed E-state index contributed by atoms with van der Waals surface area (Å²) in [4.78, 5) is 27.7. The number of hydrogen-bond donors (Lipinski definition) is 1. The summed E-state index contributed by atoms with van der Waals surface area (Å²) in [6.07, 6.45) is 2.50. The molecule has 0 aliphatic carbocycles. The number of aryl methyl sites for hydroxylation is 1. The Kier molecular flexibility index (Phi) is 5.00. The molecule has 126 valence electrons. The number of thiophene rings is 1. The van der Waals surface area contributed by atoms with Gasteiger partial charge in [-0.15, -0.1) is 11.3 Å². The minimum Gasteiger partial charge on any atom is -0.481 e. The first kappa shape index (κ1) is 16.7. The molecule has 1 aliphatic rings. The summed E-state index contributed by atoms with van der Waals surface area (Å²) in [6.45, 7) is 2.67. The van der Waals surface area contributed by atoms with Crippen LogP contribution in [0.25, 0.3) is 0 Å². The molecule has 4 nitrogen and oxygen atoms in total. The average Bonchev–Trinajstić information content (AvgIpc) is 3.07. The number of fused-ring (bicyclic) bond motifs is 1. The van der Waals surface area contributed by atoms with Crippen molar-refractivity contribution in [2.45, 2.75) is 32.6 Å². The van der Waals surface area contributed by atoms with Gasteiger partial charge in [-0.05, 0) is 48.9 Å². The highest BCUT2D eigenvalue weighted by Crippen LogP contribution is 2.33. The Morgan fingerprint density at radius 2 is 2.04 bits per heavy atom. The van der Waals surface area contributed by atoms with Crippen LogP contribution in [0.5, 0.6) is 0 Å². The molecule has 0 saturated heterocycles. The second-order valence-electron chi connectivity index (χ2n) is 6.17. The van der Waals surface area contributed by atoms with Crippen molar-refractivity contribution >= 4 is 28.9 Å². The Labute approximate surface area is 145 Å². The van der Waals surface area contributed by atoms with Crippen LogP contribution in [0.4, 0.5) is 5.69 Å². The molecule has 24 heavy (non-hydrogen) atoms. The molecule has 3 rings (SSSR count). The van der Waals surface area contributed by atoms with Crippen LogP contribution in [0.3, 0.4) is 0 Å².